The minimum Gasteiger partial charge on any atom is -0.273 e. The summed E-state index contributed by atoms with van der Waals surface area (Å²) < 4.78 is 63.5. The minimum absolute atomic E-state index is 0.00830. The van der Waals surface area contributed by atoms with E-state index in [9.17, 15) is 21.6 Å². The molecule has 0 amide bonds. The van der Waals surface area contributed by atoms with Gasteiger partial charge in [-0.25, -0.2) is 8.42 Å². The van der Waals surface area contributed by atoms with Crippen molar-refractivity contribution in [2.75, 3.05) is 6.26 Å². The van der Waals surface area contributed by atoms with Gasteiger partial charge in [-0.2, -0.15) is 23.5 Å². The Morgan fingerprint density at radius 2 is 1.66 bits per heavy atom. The number of nitrogens with zero attached hydrogens (tertiary/aromatic N) is 2. The Bertz CT molecular complexity index is 1160. The number of rotatable bonds is 5. The summed E-state index contributed by atoms with van der Waals surface area (Å²) in [5, 5.41) is 14.8. The number of hydrogen-bond donors (Lipinski definition) is 1. The summed E-state index contributed by atoms with van der Waals surface area (Å²) in [6, 6.07) is 14.2. The second-order valence-electron chi connectivity index (χ2n) is 6.53. The van der Waals surface area contributed by atoms with Gasteiger partial charge in [-0.3, -0.25) is 5.10 Å². The van der Waals surface area contributed by atoms with E-state index in [4.69, 9.17) is 5.26 Å². The van der Waals surface area contributed by atoms with Crippen LogP contribution in [0.2, 0.25) is 0 Å². The maximum absolute atomic E-state index is 13.4. The average Bonchev–Trinajstić information content (AvgIpc) is 3.10. The highest BCUT2D eigenvalue weighted by atomic mass is 32.2. The van der Waals surface area contributed by atoms with E-state index >= 15 is 0 Å². The number of sulfone groups is 1. The average molecular weight is 419 g/mol. The first-order valence-electron chi connectivity index (χ1n) is 8.53. The van der Waals surface area contributed by atoms with Crippen LogP contribution >= 0.6 is 0 Å². The summed E-state index contributed by atoms with van der Waals surface area (Å²) >= 11 is 0. The fourth-order valence-corrected chi connectivity index (χ4v) is 3.59. The molecular formula is C20H16F3N3O2S. The van der Waals surface area contributed by atoms with Gasteiger partial charge in [0.2, 0.25) is 0 Å². The molecule has 3 aromatic rings. The zero-order valence-corrected chi connectivity index (χ0v) is 16.1. The fraction of sp³-hybridized carbons (Fsp3) is 0.200. The van der Waals surface area contributed by atoms with E-state index in [0.29, 0.717) is 17.5 Å². The molecule has 0 bridgehead atoms. The summed E-state index contributed by atoms with van der Waals surface area (Å²) in [5.41, 5.74) is 0.865. The Morgan fingerprint density at radius 1 is 1.03 bits per heavy atom. The van der Waals surface area contributed by atoms with Crippen LogP contribution in [0.5, 0.6) is 0 Å². The molecule has 9 heteroatoms. The molecule has 0 saturated heterocycles. The molecule has 150 valence electrons. The third kappa shape index (κ3) is 4.66. The van der Waals surface area contributed by atoms with Crippen molar-refractivity contribution in [2.45, 2.75) is 23.9 Å². The van der Waals surface area contributed by atoms with Crippen LogP contribution in [0.3, 0.4) is 0 Å². The van der Waals surface area contributed by atoms with Crippen LogP contribution in [-0.4, -0.2) is 24.9 Å². The SMILES string of the molecule is CS(=O)(=O)c1ccc(-c2n[nH]c(C(F)(F)F)c2CCc2ccc(C#N)cc2)cc1. The number of aromatic amines is 1. The van der Waals surface area contributed by atoms with Crippen LogP contribution in [-0.2, 0) is 28.9 Å². The molecule has 0 fully saturated rings. The van der Waals surface area contributed by atoms with Crippen LogP contribution in [0.1, 0.15) is 22.4 Å². The van der Waals surface area contributed by atoms with Crippen molar-refractivity contribution in [1.29, 1.82) is 5.26 Å². The molecule has 3 rings (SSSR count). The van der Waals surface area contributed by atoms with E-state index in [-0.39, 0.29) is 22.6 Å². The molecule has 0 radical (unpaired) electrons. The van der Waals surface area contributed by atoms with Crippen molar-refractivity contribution in [3.8, 4) is 17.3 Å². The summed E-state index contributed by atoms with van der Waals surface area (Å²) in [6.45, 7) is 0. The summed E-state index contributed by atoms with van der Waals surface area (Å²) in [7, 11) is -3.41. The van der Waals surface area contributed by atoms with E-state index in [2.05, 4.69) is 10.2 Å². The van der Waals surface area contributed by atoms with Gasteiger partial charge in [-0.15, -0.1) is 0 Å². The summed E-state index contributed by atoms with van der Waals surface area (Å²) in [5.74, 6) is 0. The van der Waals surface area contributed by atoms with Crippen molar-refractivity contribution in [1.82, 2.24) is 10.2 Å². The standard InChI is InChI=1S/C20H16F3N3O2S/c1-29(27,28)16-9-7-15(8-10-16)18-17(19(26-25-18)20(21,22)23)11-6-13-2-4-14(12-24)5-3-13/h2-5,7-10H,6,11H2,1H3,(H,25,26). The van der Waals surface area contributed by atoms with Crippen molar-refractivity contribution in [3.63, 3.8) is 0 Å². The second kappa shape index (κ2) is 7.72. The number of nitriles is 1. The van der Waals surface area contributed by atoms with Crippen LogP contribution < -0.4 is 0 Å². The molecule has 5 nitrogen and oxygen atoms in total. The van der Waals surface area contributed by atoms with Gasteiger partial charge in [-0.1, -0.05) is 24.3 Å². The summed E-state index contributed by atoms with van der Waals surface area (Å²) in [4.78, 5) is 0.0759. The molecule has 0 aliphatic carbocycles. The number of hydrogen-bond acceptors (Lipinski definition) is 4. The zero-order chi connectivity index (χ0) is 21.2. The van der Waals surface area contributed by atoms with Gasteiger partial charge in [-0.05, 0) is 42.7 Å². The maximum Gasteiger partial charge on any atom is 0.433 e. The number of halogens is 3. The Morgan fingerprint density at radius 3 is 2.17 bits per heavy atom. The maximum atomic E-state index is 13.4. The number of nitrogens with one attached hydrogen (secondary N) is 1. The van der Waals surface area contributed by atoms with Crippen LogP contribution in [0, 0.1) is 11.3 Å². The highest BCUT2D eigenvalue weighted by Crippen LogP contribution is 2.36. The molecule has 0 unspecified atom stereocenters. The fourth-order valence-electron chi connectivity index (χ4n) is 2.96. The van der Waals surface area contributed by atoms with E-state index in [1.54, 1.807) is 24.3 Å². The lowest BCUT2D eigenvalue weighted by Gasteiger charge is -2.10. The first kappa shape index (κ1) is 20.6. The van der Waals surface area contributed by atoms with E-state index in [1.807, 2.05) is 6.07 Å². The van der Waals surface area contributed by atoms with Crippen molar-refractivity contribution in [2.24, 2.45) is 0 Å². The Hall–Kier alpha value is -3.12. The molecule has 1 heterocycles. The first-order chi connectivity index (χ1) is 13.6. The largest absolute Gasteiger partial charge is 0.433 e. The lowest BCUT2D eigenvalue weighted by Crippen LogP contribution is -2.10. The minimum atomic E-state index is -4.60. The third-order valence-corrected chi connectivity index (χ3v) is 5.58. The van der Waals surface area contributed by atoms with E-state index < -0.39 is 21.7 Å². The van der Waals surface area contributed by atoms with Gasteiger partial charge in [0.05, 0.1) is 22.2 Å². The normalized spacial score (nSPS) is 12.0. The summed E-state index contributed by atoms with van der Waals surface area (Å²) in [6.07, 6.45) is -3.15. The molecule has 0 aliphatic rings. The second-order valence-corrected chi connectivity index (χ2v) is 8.54. The van der Waals surface area contributed by atoms with Crippen LogP contribution in [0.15, 0.2) is 53.4 Å². The van der Waals surface area contributed by atoms with E-state index in [0.717, 1.165) is 11.8 Å². The van der Waals surface area contributed by atoms with Crippen LogP contribution in [0.25, 0.3) is 11.3 Å². The molecule has 2 aromatic carbocycles. The van der Waals surface area contributed by atoms with Gasteiger partial charge in [0, 0.05) is 17.4 Å². The molecule has 0 spiro atoms. The number of H-pyrrole nitrogens is 1. The van der Waals surface area contributed by atoms with E-state index in [1.165, 1.54) is 24.3 Å². The van der Waals surface area contributed by atoms with Gasteiger partial charge < -0.3 is 0 Å². The smallest absolute Gasteiger partial charge is 0.273 e. The van der Waals surface area contributed by atoms with Crippen molar-refractivity contribution in [3.05, 3.63) is 70.9 Å². The quantitative estimate of drug-likeness (QED) is 0.673. The molecule has 29 heavy (non-hydrogen) atoms. The molecule has 0 atom stereocenters. The molecule has 0 saturated carbocycles. The number of aromatic nitrogens is 2. The zero-order valence-electron chi connectivity index (χ0n) is 15.3. The van der Waals surface area contributed by atoms with Gasteiger partial charge in [0.15, 0.2) is 9.84 Å². The van der Waals surface area contributed by atoms with Gasteiger partial charge in [0.1, 0.15) is 5.69 Å². The molecular weight excluding hydrogens is 403 g/mol. The van der Waals surface area contributed by atoms with Crippen LogP contribution in [0.4, 0.5) is 13.2 Å². The Labute approximate surface area is 165 Å². The monoisotopic (exact) mass is 419 g/mol. The highest BCUT2D eigenvalue weighted by Gasteiger charge is 2.37. The first-order valence-corrected chi connectivity index (χ1v) is 10.4. The number of alkyl halides is 3. The van der Waals surface area contributed by atoms with Crippen molar-refractivity contribution >= 4 is 9.84 Å². The molecule has 1 aromatic heterocycles. The Balaban J connectivity index is 1.96. The highest BCUT2D eigenvalue weighted by molar-refractivity contribution is 7.90. The lowest BCUT2D eigenvalue weighted by atomic mass is 9.98. The lowest BCUT2D eigenvalue weighted by molar-refractivity contribution is -0.141. The van der Waals surface area contributed by atoms with Gasteiger partial charge in [0.25, 0.3) is 0 Å². The van der Waals surface area contributed by atoms with Gasteiger partial charge >= 0.3 is 6.18 Å². The number of aryl methyl sites for hydroxylation is 1. The Kier molecular flexibility index (Phi) is 5.48. The third-order valence-electron chi connectivity index (χ3n) is 4.45. The molecule has 0 aliphatic heterocycles. The van der Waals surface area contributed by atoms with Crippen molar-refractivity contribution < 1.29 is 21.6 Å². The predicted molar refractivity (Wildman–Crippen MR) is 101 cm³/mol. The number of benzene rings is 2. The predicted octanol–water partition coefficient (Wildman–Crippen LogP) is 4.16. The molecule has 1 N–H and O–H groups in total. The topological polar surface area (TPSA) is 86.6 Å².